The standard InChI is InChI=1S/C18H23NO2/c1-13(19)11-15-9-10-17(18(12-15)20-3)21-14(2)16-7-5-4-6-8-16/h4-10,12-14H,11,19H2,1-3H3. The topological polar surface area (TPSA) is 44.5 Å². The van der Waals surface area contributed by atoms with Crippen molar-refractivity contribution in [2.45, 2.75) is 32.4 Å². The summed E-state index contributed by atoms with van der Waals surface area (Å²) in [5.74, 6) is 1.50. The Balaban J connectivity index is 2.16. The van der Waals surface area contributed by atoms with Gasteiger partial charge in [-0.25, -0.2) is 0 Å². The zero-order valence-corrected chi connectivity index (χ0v) is 12.9. The Hall–Kier alpha value is -2.00. The average Bonchev–Trinajstić information content (AvgIpc) is 2.49. The van der Waals surface area contributed by atoms with Crippen LogP contribution in [0, 0.1) is 0 Å². The average molecular weight is 285 g/mol. The highest BCUT2D eigenvalue weighted by Crippen LogP contribution is 2.32. The second-order valence-corrected chi connectivity index (χ2v) is 5.34. The van der Waals surface area contributed by atoms with Gasteiger partial charge in [-0.05, 0) is 43.5 Å². The lowest BCUT2D eigenvalue weighted by Gasteiger charge is -2.18. The van der Waals surface area contributed by atoms with Crippen molar-refractivity contribution in [2.24, 2.45) is 5.73 Å². The molecule has 0 aliphatic carbocycles. The number of rotatable bonds is 6. The normalized spacial score (nSPS) is 13.5. The summed E-state index contributed by atoms with van der Waals surface area (Å²) in [4.78, 5) is 0. The zero-order chi connectivity index (χ0) is 15.2. The molecule has 2 atom stereocenters. The molecule has 0 aromatic heterocycles. The molecule has 0 saturated heterocycles. The molecule has 0 fully saturated rings. The lowest BCUT2D eigenvalue weighted by Crippen LogP contribution is -2.17. The molecule has 112 valence electrons. The molecule has 2 unspecified atom stereocenters. The van der Waals surface area contributed by atoms with Crippen molar-refractivity contribution in [3.63, 3.8) is 0 Å². The van der Waals surface area contributed by atoms with Gasteiger partial charge in [-0.3, -0.25) is 0 Å². The number of ether oxygens (including phenoxy) is 2. The van der Waals surface area contributed by atoms with Gasteiger partial charge in [0.15, 0.2) is 11.5 Å². The molecule has 3 heteroatoms. The van der Waals surface area contributed by atoms with Crippen LogP contribution in [0.5, 0.6) is 11.5 Å². The molecule has 2 aromatic rings. The Morgan fingerprint density at radius 2 is 1.71 bits per heavy atom. The van der Waals surface area contributed by atoms with E-state index in [0.717, 1.165) is 29.0 Å². The highest BCUT2D eigenvalue weighted by atomic mass is 16.5. The summed E-state index contributed by atoms with van der Waals surface area (Å²) >= 11 is 0. The van der Waals surface area contributed by atoms with Crippen LogP contribution in [-0.4, -0.2) is 13.2 Å². The Bertz CT molecular complexity index is 567. The molecule has 3 nitrogen and oxygen atoms in total. The Kier molecular flexibility index (Phi) is 5.23. The number of hydrogen-bond acceptors (Lipinski definition) is 3. The fraction of sp³-hybridized carbons (Fsp3) is 0.333. The van der Waals surface area contributed by atoms with Gasteiger partial charge < -0.3 is 15.2 Å². The van der Waals surface area contributed by atoms with E-state index in [1.165, 1.54) is 0 Å². The van der Waals surface area contributed by atoms with E-state index in [1.807, 2.05) is 50.2 Å². The van der Waals surface area contributed by atoms with Crippen LogP contribution in [-0.2, 0) is 6.42 Å². The summed E-state index contributed by atoms with van der Waals surface area (Å²) in [6.45, 7) is 4.03. The maximum atomic E-state index is 6.03. The maximum Gasteiger partial charge on any atom is 0.162 e. The third-order valence-corrected chi connectivity index (χ3v) is 3.36. The van der Waals surface area contributed by atoms with Crippen LogP contribution in [0.25, 0.3) is 0 Å². The van der Waals surface area contributed by atoms with Crippen molar-refractivity contribution in [1.29, 1.82) is 0 Å². The van der Waals surface area contributed by atoms with Crippen LogP contribution in [0.3, 0.4) is 0 Å². The van der Waals surface area contributed by atoms with Crippen molar-refractivity contribution in [3.05, 3.63) is 59.7 Å². The lowest BCUT2D eigenvalue weighted by molar-refractivity contribution is 0.216. The largest absolute Gasteiger partial charge is 0.493 e. The van der Waals surface area contributed by atoms with Gasteiger partial charge in [0, 0.05) is 6.04 Å². The van der Waals surface area contributed by atoms with Gasteiger partial charge in [0.1, 0.15) is 6.10 Å². The monoisotopic (exact) mass is 285 g/mol. The molecule has 2 N–H and O–H groups in total. The van der Waals surface area contributed by atoms with Crippen LogP contribution in [0.2, 0.25) is 0 Å². The number of methoxy groups -OCH3 is 1. The number of hydrogen-bond donors (Lipinski definition) is 1. The van der Waals surface area contributed by atoms with E-state index in [1.54, 1.807) is 7.11 Å². The molecule has 2 aromatic carbocycles. The molecule has 0 saturated carbocycles. The SMILES string of the molecule is COc1cc(CC(C)N)ccc1OC(C)c1ccccc1. The van der Waals surface area contributed by atoms with Crippen LogP contribution in [0.1, 0.15) is 31.1 Å². The van der Waals surface area contributed by atoms with E-state index in [0.29, 0.717) is 0 Å². The van der Waals surface area contributed by atoms with Crippen molar-refractivity contribution < 1.29 is 9.47 Å². The van der Waals surface area contributed by atoms with Crippen LogP contribution in [0.15, 0.2) is 48.5 Å². The van der Waals surface area contributed by atoms with E-state index in [2.05, 4.69) is 12.1 Å². The Labute approximate surface area is 126 Å². The highest BCUT2D eigenvalue weighted by molar-refractivity contribution is 5.43. The van der Waals surface area contributed by atoms with Crippen LogP contribution < -0.4 is 15.2 Å². The van der Waals surface area contributed by atoms with E-state index in [-0.39, 0.29) is 12.1 Å². The second kappa shape index (κ2) is 7.14. The second-order valence-electron chi connectivity index (χ2n) is 5.34. The minimum atomic E-state index is -0.0283. The minimum absolute atomic E-state index is 0.0283. The van der Waals surface area contributed by atoms with Gasteiger partial charge in [0.05, 0.1) is 7.11 Å². The number of nitrogens with two attached hydrogens (primary N) is 1. The van der Waals surface area contributed by atoms with Gasteiger partial charge in [-0.15, -0.1) is 0 Å². The van der Waals surface area contributed by atoms with E-state index in [4.69, 9.17) is 15.2 Å². The summed E-state index contributed by atoms with van der Waals surface area (Å²) in [6, 6.07) is 16.3. The predicted molar refractivity (Wildman–Crippen MR) is 85.8 cm³/mol. The first-order valence-corrected chi connectivity index (χ1v) is 7.24. The molecule has 0 heterocycles. The highest BCUT2D eigenvalue weighted by Gasteiger charge is 2.12. The van der Waals surface area contributed by atoms with E-state index in [9.17, 15) is 0 Å². The third kappa shape index (κ3) is 4.23. The summed E-state index contributed by atoms with van der Waals surface area (Å²) < 4.78 is 11.5. The summed E-state index contributed by atoms with van der Waals surface area (Å²) in [5, 5.41) is 0. The molecule has 0 bridgehead atoms. The lowest BCUT2D eigenvalue weighted by atomic mass is 10.1. The predicted octanol–water partition coefficient (Wildman–Crippen LogP) is 3.72. The fourth-order valence-corrected chi connectivity index (χ4v) is 2.29. The molecular weight excluding hydrogens is 262 g/mol. The minimum Gasteiger partial charge on any atom is -0.493 e. The Morgan fingerprint density at radius 1 is 1.00 bits per heavy atom. The van der Waals surface area contributed by atoms with Crippen molar-refractivity contribution in [2.75, 3.05) is 7.11 Å². The first-order valence-electron chi connectivity index (χ1n) is 7.24. The summed E-state index contributed by atoms with van der Waals surface area (Å²) in [7, 11) is 1.66. The van der Waals surface area contributed by atoms with Crippen LogP contribution in [0.4, 0.5) is 0 Å². The molecule has 0 aliphatic rings. The van der Waals surface area contributed by atoms with E-state index >= 15 is 0 Å². The molecular formula is C18H23NO2. The summed E-state index contributed by atoms with van der Waals surface area (Å²) in [6.07, 6.45) is 0.796. The van der Waals surface area contributed by atoms with Gasteiger partial charge >= 0.3 is 0 Å². The zero-order valence-electron chi connectivity index (χ0n) is 12.9. The van der Waals surface area contributed by atoms with Crippen molar-refractivity contribution in [1.82, 2.24) is 0 Å². The van der Waals surface area contributed by atoms with Gasteiger partial charge in [0.2, 0.25) is 0 Å². The van der Waals surface area contributed by atoms with E-state index < -0.39 is 0 Å². The molecule has 0 spiro atoms. The molecule has 2 rings (SSSR count). The molecule has 21 heavy (non-hydrogen) atoms. The summed E-state index contributed by atoms with van der Waals surface area (Å²) in [5.41, 5.74) is 8.13. The van der Waals surface area contributed by atoms with Crippen molar-refractivity contribution >= 4 is 0 Å². The quantitative estimate of drug-likeness (QED) is 0.879. The van der Waals surface area contributed by atoms with Crippen molar-refractivity contribution in [3.8, 4) is 11.5 Å². The molecule has 0 radical (unpaired) electrons. The molecule has 0 aliphatic heterocycles. The van der Waals surface area contributed by atoms with Gasteiger partial charge in [-0.2, -0.15) is 0 Å². The van der Waals surface area contributed by atoms with Gasteiger partial charge in [0.25, 0.3) is 0 Å². The third-order valence-electron chi connectivity index (χ3n) is 3.36. The fourth-order valence-electron chi connectivity index (χ4n) is 2.29. The first kappa shape index (κ1) is 15.4. The number of benzene rings is 2. The first-order chi connectivity index (χ1) is 10.1. The molecule has 0 amide bonds. The van der Waals surface area contributed by atoms with Gasteiger partial charge in [-0.1, -0.05) is 36.4 Å². The smallest absolute Gasteiger partial charge is 0.162 e. The van der Waals surface area contributed by atoms with Crippen LogP contribution >= 0.6 is 0 Å². The Morgan fingerprint density at radius 3 is 2.33 bits per heavy atom. The maximum absolute atomic E-state index is 6.03.